The van der Waals surface area contributed by atoms with E-state index in [0.717, 1.165) is 19.4 Å². The first kappa shape index (κ1) is 13.9. The maximum absolute atomic E-state index is 5.61. The zero-order valence-corrected chi connectivity index (χ0v) is 12.5. The van der Waals surface area contributed by atoms with Crippen LogP contribution in [0.15, 0.2) is 24.3 Å². The van der Waals surface area contributed by atoms with E-state index in [0.29, 0.717) is 12.1 Å². The van der Waals surface area contributed by atoms with E-state index in [1.165, 1.54) is 43.7 Å². The van der Waals surface area contributed by atoms with Crippen LogP contribution in [-0.2, 0) is 11.2 Å². The van der Waals surface area contributed by atoms with Crippen molar-refractivity contribution in [1.29, 1.82) is 0 Å². The van der Waals surface area contributed by atoms with E-state index in [1.54, 1.807) is 0 Å². The number of benzene rings is 1. The normalized spacial score (nSPS) is 27.1. The number of nitrogens with zero attached hydrogens (tertiary/aromatic N) is 1. The summed E-state index contributed by atoms with van der Waals surface area (Å²) >= 11 is 0. The predicted molar refractivity (Wildman–Crippen MR) is 83.3 cm³/mol. The van der Waals surface area contributed by atoms with Crippen molar-refractivity contribution < 1.29 is 4.74 Å². The van der Waals surface area contributed by atoms with Gasteiger partial charge in [-0.05, 0) is 63.4 Å². The van der Waals surface area contributed by atoms with Gasteiger partial charge in [0.15, 0.2) is 0 Å². The number of nitrogens with one attached hydrogen (secondary N) is 1. The largest absolute Gasteiger partial charge is 0.380 e. The fraction of sp³-hybridized carbons (Fsp3) is 0.647. The molecular weight excluding hydrogens is 248 g/mol. The molecule has 3 rings (SSSR count). The number of ether oxygens (including phenoxy) is 1. The van der Waals surface area contributed by atoms with Gasteiger partial charge in [-0.1, -0.05) is 12.1 Å². The molecule has 0 amide bonds. The first-order valence-electron chi connectivity index (χ1n) is 8.01. The van der Waals surface area contributed by atoms with Gasteiger partial charge in [0, 0.05) is 18.8 Å². The third-order valence-electron chi connectivity index (χ3n) is 4.57. The first-order valence-corrected chi connectivity index (χ1v) is 8.01. The standard InChI is InChI=1S/C17H26N2O/c1-14-17(8-12-20-14)18-16-6-4-5-15(13-16)7-11-19-9-2-3-10-19/h4-6,13-14,17-18H,2-3,7-12H2,1H3/t14-,17-/m1/s1. The fourth-order valence-corrected chi connectivity index (χ4v) is 3.25. The van der Waals surface area contributed by atoms with Crippen LogP contribution in [0.1, 0.15) is 31.7 Å². The van der Waals surface area contributed by atoms with Crippen molar-refractivity contribution in [1.82, 2.24) is 4.90 Å². The molecule has 3 nitrogen and oxygen atoms in total. The molecule has 0 bridgehead atoms. The summed E-state index contributed by atoms with van der Waals surface area (Å²) in [5.41, 5.74) is 2.68. The summed E-state index contributed by atoms with van der Waals surface area (Å²) in [5, 5.41) is 3.62. The second-order valence-electron chi connectivity index (χ2n) is 6.11. The van der Waals surface area contributed by atoms with E-state index in [9.17, 15) is 0 Å². The summed E-state index contributed by atoms with van der Waals surface area (Å²) in [6.45, 7) is 6.81. The lowest BCUT2D eigenvalue weighted by atomic mass is 10.1. The van der Waals surface area contributed by atoms with Crippen molar-refractivity contribution in [3.63, 3.8) is 0 Å². The molecule has 2 atom stereocenters. The van der Waals surface area contributed by atoms with Gasteiger partial charge in [-0.3, -0.25) is 0 Å². The van der Waals surface area contributed by atoms with Gasteiger partial charge in [-0.2, -0.15) is 0 Å². The van der Waals surface area contributed by atoms with Crippen LogP contribution < -0.4 is 5.32 Å². The molecule has 110 valence electrons. The molecule has 1 aromatic rings. The van der Waals surface area contributed by atoms with Crippen LogP contribution >= 0.6 is 0 Å². The number of anilines is 1. The molecule has 20 heavy (non-hydrogen) atoms. The van der Waals surface area contributed by atoms with Gasteiger partial charge in [0.25, 0.3) is 0 Å². The molecule has 1 N–H and O–H groups in total. The monoisotopic (exact) mass is 274 g/mol. The molecular formula is C17H26N2O. The maximum atomic E-state index is 5.61. The van der Waals surface area contributed by atoms with Crippen LogP contribution in [0.25, 0.3) is 0 Å². The van der Waals surface area contributed by atoms with Crippen LogP contribution in [0.4, 0.5) is 5.69 Å². The number of hydrogen-bond donors (Lipinski definition) is 1. The van der Waals surface area contributed by atoms with E-state index in [-0.39, 0.29) is 0 Å². The molecule has 2 aliphatic heterocycles. The van der Waals surface area contributed by atoms with Gasteiger partial charge >= 0.3 is 0 Å². The summed E-state index contributed by atoms with van der Waals surface area (Å²) < 4.78 is 5.61. The summed E-state index contributed by atoms with van der Waals surface area (Å²) in [4.78, 5) is 2.58. The number of likely N-dealkylation sites (tertiary alicyclic amines) is 1. The third kappa shape index (κ3) is 3.53. The molecule has 2 aliphatic rings. The van der Waals surface area contributed by atoms with Crippen molar-refractivity contribution in [2.75, 3.05) is 31.6 Å². The highest BCUT2D eigenvalue weighted by Crippen LogP contribution is 2.20. The molecule has 0 spiro atoms. The second kappa shape index (κ2) is 6.59. The lowest BCUT2D eigenvalue weighted by Gasteiger charge is -2.18. The Labute approximate surface area is 122 Å². The summed E-state index contributed by atoms with van der Waals surface area (Å²) in [6, 6.07) is 9.35. The topological polar surface area (TPSA) is 24.5 Å². The number of hydrogen-bond acceptors (Lipinski definition) is 3. The second-order valence-corrected chi connectivity index (χ2v) is 6.11. The minimum absolute atomic E-state index is 0.322. The van der Waals surface area contributed by atoms with Crippen molar-refractivity contribution in [3.05, 3.63) is 29.8 Å². The molecule has 0 radical (unpaired) electrons. The van der Waals surface area contributed by atoms with E-state index < -0.39 is 0 Å². The van der Waals surface area contributed by atoms with E-state index in [2.05, 4.69) is 41.4 Å². The fourth-order valence-electron chi connectivity index (χ4n) is 3.25. The van der Waals surface area contributed by atoms with E-state index in [1.807, 2.05) is 0 Å². The van der Waals surface area contributed by atoms with Gasteiger partial charge in [-0.25, -0.2) is 0 Å². The van der Waals surface area contributed by atoms with E-state index in [4.69, 9.17) is 4.74 Å². The van der Waals surface area contributed by atoms with Crippen molar-refractivity contribution >= 4 is 5.69 Å². The zero-order chi connectivity index (χ0) is 13.8. The first-order chi connectivity index (χ1) is 9.81. The molecule has 2 fully saturated rings. The lowest BCUT2D eigenvalue weighted by Crippen LogP contribution is -2.26. The molecule has 2 heterocycles. The van der Waals surface area contributed by atoms with Crippen molar-refractivity contribution in [2.45, 2.75) is 44.8 Å². The Morgan fingerprint density at radius 2 is 2.15 bits per heavy atom. The quantitative estimate of drug-likeness (QED) is 0.893. The molecule has 1 aromatic carbocycles. The highest BCUT2D eigenvalue weighted by Gasteiger charge is 2.23. The van der Waals surface area contributed by atoms with Crippen molar-refractivity contribution in [3.8, 4) is 0 Å². The Balaban J connectivity index is 1.54. The molecule has 0 unspecified atom stereocenters. The Hall–Kier alpha value is -1.06. The van der Waals surface area contributed by atoms with Crippen LogP contribution in [0.5, 0.6) is 0 Å². The van der Waals surface area contributed by atoms with E-state index >= 15 is 0 Å². The smallest absolute Gasteiger partial charge is 0.0748 e. The molecule has 0 saturated carbocycles. The highest BCUT2D eigenvalue weighted by molar-refractivity contribution is 5.47. The third-order valence-corrected chi connectivity index (χ3v) is 4.57. The Bertz CT molecular complexity index is 429. The summed E-state index contributed by atoms with van der Waals surface area (Å²) in [6.07, 6.45) is 5.34. The minimum Gasteiger partial charge on any atom is -0.380 e. The van der Waals surface area contributed by atoms with Gasteiger partial charge in [0.1, 0.15) is 0 Å². The Morgan fingerprint density at radius 3 is 2.90 bits per heavy atom. The average molecular weight is 274 g/mol. The van der Waals surface area contributed by atoms with Crippen molar-refractivity contribution in [2.24, 2.45) is 0 Å². The molecule has 3 heteroatoms. The lowest BCUT2D eigenvalue weighted by molar-refractivity contribution is 0.121. The Morgan fingerprint density at radius 1 is 1.30 bits per heavy atom. The number of rotatable bonds is 5. The highest BCUT2D eigenvalue weighted by atomic mass is 16.5. The molecule has 0 aromatic heterocycles. The maximum Gasteiger partial charge on any atom is 0.0748 e. The molecule has 2 saturated heterocycles. The van der Waals surface area contributed by atoms with Crippen LogP contribution in [0.2, 0.25) is 0 Å². The molecule has 0 aliphatic carbocycles. The summed E-state index contributed by atoms with van der Waals surface area (Å²) in [7, 11) is 0. The van der Waals surface area contributed by atoms with Gasteiger partial charge in [0.05, 0.1) is 12.1 Å². The predicted octanol–water partition coefficient (Wildman–Crippen LogP) is 2.91. The van der Waals surface area contributed by atoms with Crippen LogP contribution in [0.3, 0.4) is 0 Å². The van der Waals surface area contributed by atoms with Gasteiger partial charge in [0.2, 0.25) is 0 Å². The average Bonchev–Trinajstić information content (AvgIpc) is 3.10. The van der Waals surface area contributed by atoms with Gasteiger partial charge < -0.3 is 15.0 Å². The Kier molecular flexibility index (Phi) is 4.58. The van der Waals surface area contributed by atoms with Crippen LogP contribution in [0, 0.1) is 0 Å². The van der Waals surface area contributed by atoms with Gasteiger partial charge in [-0.15, -0.1) is 0 Å². The minimum atomic E-state index is 0.322. The van der Waals surface area contributed by atoms with Crippen LogP contribution in [-0.4, -0.2) is 43.3 Å². The SMILES string of the molecule is C[C@H]1OCC[C@H]1Nc1cccc(CCN2CCCC2)c1. The summed E-state index contributed by atoms with van der Waals surface area (Å²) in [5.74, 6) is 0. The zero-order valence-electron chi connectivity index (χ0n) is 12.5.